The topological polar surface area (TPSA) is 98.0 Å². The summed E-state index contributed by atoms with van der Waals surface area (Å²) < 4.78 is 0. The third kappa shape index (κ3) is 4.58. The van der Waals surface area contributed by atoms with Gasteiger partial charge in [-0.05, 0) is 111 Å². The Kier molecular flexibility index (Phi) is 8.90. The van der Waals surface area contributed by atoms with Crippen LogP contribution in [-0.2, 0) is 4.79 Å². The second kappa shape index (κ2) is 10.4. The molecule has 6 heteroatoms. The molecule has 4 saturated carbocycles. The van der Waals surface area contributed by atoms with E-state index in [0.29, 0.717) is 42.7 Å². The first kappa shape index (κ1) is 29.8. The zero-order chi connectivity index (χ0) is 25.2. The van der Waals surface area contributed by atoms with Crippen molar-refractivity contribution in [1.29, 1.82) is 0 Å². The van der Waals surface area contributed by atoms with Crippen molar-refractivity contribution in [3.8, 4) is 0 Å². The molecule has 4 aliphatic rings. The van der Waals surface area contributed by atoms with Gasteiger partial charge in [-0.2, -0.15) is 0 Å². The SMILES string of the molecule is CC(C)=CCC/C(C(=O)O)=C1\C2CC(O)C3C(C)(CCC4C(C)C(O)CC[C@@]43C)[C@@]2(C)C[C@@H]1O.[Ac]. The number of allylic oxidation sites excluding steroid dienone is 2. The van der Waals surface area contributed by atoms with Crippen LogP contribution in [0.5, 0.6) is 0 Å². The van der Waals surface area contributed by atoms with Gasteiger partial charge in [-0.1, -0.05) is 39.3 Å². The molecule has 0 spiro atoms. The van der Waals surface area contributed by atoms with Gasteiger partial charge in [-0.25, -0.2) is 4.79 Å². The number of fused-ring (bicyclic) bond motifs is 5. The summed E-state index contributed by atoms with van der Waals surface area (Å²) in [5.74, 6) is -0.375. The first-order valence-corrected chi connectivity index (χ1v) is 13.4. The minimum atomic E-state index is -0.937. The Hall–Kier alpha value is 0.272. The van der Waals surface area contributed by atoms with Crippen molar-refractivity contribution in [2.24, 2.45) is 39.9 Å². The van der Waals surface area contributed by atoms with Crippen LogP contribution in [0.2, 0.25) is 0 Å². The van der Waals surface area contributed by atoms with E-state index >= 15 is 0 Å². The molecule has 0 amide bonds. The third-order valence-electron chi connectivity index (χ3n) is 11.3. The van der Waals surface area contributed by atoms with Crippen molar-refractivity contribution in [1.82, 2.24) is 0 Å². The van der Waals surface area contributed by atoms with Crippen molar-refractivity contribution >= 4 is 5.97 Å². The maximum atomic E-state index is 12.4. The second-order valence-electron chi connectivity index (χ2n) is 13.1. The normalized spacial score (nSPS) is 48.1. The smallest absolute Gasteiger partial charge is 0.331 e. The van der Waals surface area contributed by atoms with Gasteiger partial charge in [-0.3, -0.25) is 0 Å². The molecule has 35 heavy (non-hydrogen) atoms. The van der Waals surface area contributed by atoms with E-state index in [2.05, 4.69) is 33.8 Å². The van der Waals surface area contributed by atoms with E-state index in [0.717, 1.165) is 31.3 Å². The van der Waals surface area contributed by atoms with Gasteiger partial charge >= 0.3 is 5.97 Å². The molecular formula is C29H46AcO5. The van der Waals surface area contributed by atoms with Gasteiger partial charge < -0.3 is 20.4 Å². The number of carboxylic acid groups (broad SMARTS) is 1. The van der Waals surface area contributed by atoms with Gasteiger partial charge in [0.1, 0.15) is 0 Å². The van der Waals surface area contributed by atoms with E-state index in [9.17, 15) is 25.2 Å². The zero-order valence-electron chi connectivity index (χ0n) is 22.6. The average molecular weight is 702 g/mol. The van der Waals surface area contributed by atoms with E-state index in [4.69, 9.17) is 0 Å². The van der Waals surface area contributed by atoms with Crippen molar-refractivity contribution in [2.75, 3.05) is 0 Å². The van der Waals surface area contributed by atoms with E-state index in [1.807, 2.05) is 13.8 Å². The molecule has 4 N–H and O–H groups in total. The van der Waals surface area contributed by atoms with Crippen LogP contribution in [0.25, 0.3) is 0 Å². The second-order valence-corrected chi connectivity index (χ2v) is 13.1. The molecule has 4 rings (SSSR count). The number of aliphatic hydroxyl groups is 3. The van der Waals surface area contributed by atoms with E-state index in [1.165, 1.54) is 0 Å². The fourth-order valence-electron chi connectivity index (χ4n) is 9.51. The van der Waals surface area contributed by atoms with Gasteiger partial charge in [0.05, 0.1) is 18.3 Å². The Bertz CT molecular complexity index is 894. The van der Waals surface area contributed by atoms with Crippen molar-refractivity contribution in [3.63, 3.8) is 0 Å². The van der Waals surface area contributed by atoms with Crippen LogP contribution in [0.3, 0.4) is 0 Å². The summed E-state index contributed by atoms with van der Waals surface area (Å²) in [5, 5.41) is 43.8. The molecule has 0 aromatic carbocycles. The Morgan fingerprint density at radius 3 is 2.29 bits per heavy atom. The van der Waals surface area contributed by atoms with Crippen molar-refractivity contribution < 1.29 is 69.3 Å². The maximum Gasteiger partial charge on any atom is 0.331 e. The predicted octanol–water partition coefficient (Wildman–Crippen LogP) is 5.10. The quantitative estimate of drug-likeness (QED) is 0.242. The monoisotopic (exact) mass is 701 g/mol. The zero-order valence-corrected chi connectivity index (χ0v) is 27.3. The van der Waals surface area contributed by atoms with Crippen LogP contribution in [0.15, 0.2) is 22.8 Å². The minimum absolute atomic E-state index is 0. The van der Waals surface area contributed by atoms with Crippen LogP contribution in [-0.4, -0.2) is 44.7 Å². The van der Waals surface area contributed by atoms with Gasteiger partial charge in [0, 0.05) is 49.6 Å². The van der Waals surface area contributed by atoms with E-state index < -0.39 is 18.2 Å². The first-order valence-electron chi connectivity index (χ1n) is 13.4. The molecule has 4 aliphatic carbocycles. The van der Waals surface area contributed by atoms with Crippen molar-refractivity contribution in [3.05, 3.63) is 22.8 Å². The summed E-state index contributed by atoms with van der Waals surface area (Å²) >= 11 is 0. The van der Waals surface area contributed by atoms with E-state index in [-0.39, 0.29) is 84.2 Å². The average Bonchev–Trinajstić information content (AvgIpc) is 2.99. The summed E-state index contributed by atoms with van der Waals surface area (Å²) in [4.78, 5) is 12.4. The van der Waals surface area contributed by atoms with Gasteiger partial charge in [0.15, 0.2) is 0 Å². The van der Waals surface area contributed by atoms with Crippen LogP contribution in [0, 0.1) is 84.0 Å². The number of aliphatic carboxylic acids is 1. The van der Waals surface area contributed by atoms with Gasteiger partial charge in [0.25, 0.3) is 0 Å². The van der Waals surface area contributed by atoms with Crippen LogP contribution in [0.4, 0.5) is 0 Å². The Balaban J connectivity index is 0.00000342. The molecular weight excluding hydrogens is 655 g/mol. The summed E-state index contributed by atoms with van der Waals surface area (Å²) in [6, 6.07) is 0. The molecule has 4 fully saturated rings. The Morgan fingerprint density at radius 1 is 1.03 bits per heavy atom. The largest absolute Gasteiger partial charge is 0.478 e. The predicted molar refractivity (Wildman–Crippen MR) is 133 cm³/mol. The Labute approximate surface area is 247 Å². The molecule has 1 radical (unpaired) electrons. The number of hydrogen-bond donors (Lipinski definition) is 4. The van der Waals surface area contributed by atoms with Crippen molar-refractivity contribution in [2.45, 2.75) is 111 Å². The summed E-state index contributed by atoms with van der Waals surface area (Å²) in [7, 11) is 0. The first-order chi connectivity index (χ1) is 15.8. The van der Waals surface area contributed by atoms with Crippen LogP contribution in [0.1, 0.15) is 92.9 Å². The van der Waals surface area contributed by atoms with Crippen LogP contribution < -0.4 is 0 Å². The van der Waals surface area contributed by atoms with Crippen LogP contribution >= 0.6 is 0 Å². The fraction of sp³-hybridized carbons (Fsp3) is 0.828. The number of carboxylic acids is 1. The summed E-state index contributed by atoms with van der Waals surface area (Å²) in [6.45, 7) is 13.1. The number of hydrogen-bond acceptors (Lipinski definition) is 4. The molecule has 0 aromatic heterocycles. The molecule has 0 aromatic rings. The molecule has 5 nitrogen and oxygen atoms in total. The van der Waals surface area contributed by atoms with Gasteiger partial charge in [0.2, 0.25) is 0 Å². The molecule has 0 aliphatic heterocycles. The van der Waals surface area contributed by atoms with E-state index in [1.54, 1.807) is 0 Å². The molecule has 0 heterocycles. The molecule has 0 saturated heterocycles. The van der Waals surface area contributed by atoms with Gasteiger partial charge in [-0.15, -0.1) is 0 Å². The number of rotatable bonds is 4. The third-order valence-corrected chi connectivity index (χ3v) is 11.3. The molecule has 10 atom stereocenters. The summed E-state index contributed by atoms with van der Waals surface area (Å²) in [6.07, 6.45) is 6.25. The molecule has 0 bridgehead atoms. The standard InChI is InChI=1S/C29H46O5.Ac/c1-16(2)8-7-9-18(26(33)34)24-20-14-22(31)25-27(4)12-11-21(30)17(3)19(27)10-13-28(25,5)29(20,6)15-23(24)32;/h8,17,19-23,25,30-32H,7,9-15H2,1-6H3,(H,33,34);/b24-18-;/t17?,19?,20?,21?,22?,23-,25?,27-,28?,29-;/m0./s1. The Morgan fingerprint density at radius 2 is 1.69 bits per heavy atom. The molecule has 195 valence electrons. The number of aliphatic hydroxyl groups excluding tert-OH is 3. The number of carbonyl (C=O) groups is 1. The summed E-state index contributed by atoms with van der Waals surface area (Å²) in [5.41, 5.74) is 1.66. The minimum Gasteiger partial charge on any atom is -0.478 e. The fourth-order valence-corrected chi connectivity index (χ4v) is 9.51. The maximum absolute atomic E-state index is 12.4. The molecule has 7 unspecified atom stereocenters.